The van der Waals surface area contributed by atoms with Gasteiger partial charge in [0, 0.05) is 12.1 Å². The number of ether oxygens (including phenoxy) is 1. The molecule has 21 heavy (non-hydrogen) atoms. The van der Waals surface area contributed by atoms with Gasteiger partial charge in [0.25, 0.3) is 0 Å². The average molecular weight is 304 g/mol. The maximum absolute atomic E-state index is 6.12. The minimum Gasteiger partial charge on any atom is -0.438 e. The summed E-state index contributed by atoms with van der Waals surface area (Å²) < 4.78 is 5.88. The third kappa shape index (κ3) is 2.62. The van der Waals surface area contributed by atoms with Gasteiger partial charge in [0.2, 0.25) is 11.8 Å². The average Bonchev–Trinajstić information content (AvgIpc) is 2.97. The second kappa shape index (κ2) is 5.57. The minimum atomic E-state index is 0.447. The number of halogens is 1. The van der Waals surface area contributed by atoms with Crippen molar-refractivity contribution in [2.24, 2.45) is 0 Å². The van der Waals surface area contributed by atoms with E-state index in [-0.39, 0.29) is 0 Å². The molecular weight excluding hydrogens is 290 g/mol. The van der Waals surface area contributed by atoms with Crippen molar-refractivity contribution in [3.8, 4) is 11.6 Å². The molecule has 3 aromatic rings. The van der Waals surface area contributed by atoms with Gasteiger partial charge < -0.3 is 10.1 Å². The molecule has 0 saturated heterocycles. The molecule has 0 spiro atoms. The van der Waals surface area contributed by atoms with E-state index in [0.29, 0.717) is 23.2 Å². The van der Waals surface area contributed by atoms with E-state index < -0.39 is 0 Å². The largest absolute Gasteiger partial charge is 0.438 e. The minimum absolute atomic E-state index is 0.447. The second-order valence-electron chi connectivity index (χ2n) is 4.44. The Kier molecular flexibility index (Phi) is 3.62. The smallest absolute Gasteiger partial charge is 0.235 e. The van der Waals surface area contributed by atoms with Crippen molar-refractivity contribution in [2.75, 3.05) is 12.4 Å². The summed E-state index contributed by atoms with van der Waals surface area (Å²) in [7, 11) is 1.75. The summed E-state index contributed by atoms with van der Waals surface area (Å²) in [5, 5.41) is 11.1. The van der Waals surface area contributed by atoms with E-state index in [4.69, 9.17) is 16.3 Å². The zero-order valence-electron chi connectivity index (χ0n) is 11.6. The zero-order valence-corrected chi connectivity index (χ0v) is 12.4. The highest BCUT2D eigenvalue weighted by atomic mass is 35.5. The number of hydrogen-bond acceptors (Lipinski definition) is 5. The number of fused-ring (bicyclic) bond motifs is 1. The first-order chi connectivity index (χ1) is 10.2. The van der Waals surface area contributed by atoms with Crippen molar-refractivity contribution in [3.05, 3.63) is 35.0 Å². The third-order valence-corrected chi connectivity index (χ3v) is 3.48. The maximum Gasteiger partial charge on any atom is 0.235 e. The molecule has 0 aliphatic rings. The fourth-order valence-electron chi connectivity index (χ4n) is 2.00. The molecule has 1 aromatic carbocycles. The number of nitrogens with one attached hydrogen (secondary N) is 2. The molecule has 0 bridgehead atoms. The first-order valence-corrected chi connectivity index (χ1v) is 6.94. The molecule has 108 valence electrons. The first kappa shape index (κ1) is 13.6. The van der Waals surface area contributed by atoms with Crippen LogP contribution < -0.4 is 10.1 Å². The summed E-state index contributed by atoms with van der Waals surface area (Å²) in [4.78, 5) is 8.59. The monoisotopic (exact) mass is 303 g/mol. The summed E-state index contributed by atoms with van der Waals surface area (Å²) in [6, 6.07) is 5.55. The lowest BCUT2D eigenvalue weighted by atomic mass is 10.1. The fraction of sp³-hybridized carbons (Fsp3) is 0.214. The van der Waals surface area contributed by atoms with Crippen LogP contribution in [0.3, 0.4) is 0 Å². The number of anilines is 1. The van der Waals surface area contributed by atoms with E-state index >= 15 is 0 Å². The molecule has 7 heteroatoms. The van der Waals surface area contributed by atoms with Gasteiger partial charge in [0.1, 0.15) is 11.1 Å². The van der Waals surface area contributed by atoms with Crippen molar-refractivity contribution in [1.29, 1.82) is 0 Å². The fourth-order valence-corrected chi connectivity index (χ4v) is 2.25. The number of hydrogen-bond donors (Lipinski definition) is 2. The standard InChI is InChI=1S/C14H14ClN5O/c1-3-8-6-9(4-5-11(8)15)21-13-10-7-17-20-12(10)18-14(16-2)19-13/h4-7H,3H2,1-2H3,(H2,16,17,18,19,20). The van der Waals surface area contributed by atoms with Crippen molar-refractivity contribution < 1.29 is 4.74 Å². The van der Waals surface area contributed by atoms with Gasteiger partial charge in [0.05, 0.1) is 6.20 Å². The third-order valence-electron chi connectivity index (χ3n) is 3.11. The van der Waals surface area contributed by atoms with Gasteiger partial charge in [-0.2, -0.15) is 15.1 Å². The molecular formula is C14H14ClN5O. The SMILES string of the molecule is CCc1cc(Oc2nc(NC)nc3[nH]ncc23)ccc1Cl. The highest BCUT2D eigenvalue weighted by Crippen LogP contribution is 2.29. The Hall–Kier alpha value is -2.34. The lowest BCUT2D eigenvalue weighted by molar-refractivity contribution is 0.468. The Morgan fingerprint density at radius 2 is 2.19 bits per heavy atom. The molecule has 2 N–H and O–H groups in total. The molecule has 2 aromatic heterocycles. The number of H-pyrrole nitrogens is 1. The highest BCUT2D eigenvalue weighted by Gasteiger charge is 2.11. The molecule has 0 aliphatic carbocycles. The van der Waals surface area contributed by atoms with Crippen molar-refractivity contribution in [3.63, 3.8) is 0 Å². The van der Waals surface area contributed by atoms with Gasteiger partial charge in [-0.1, -0.05) is 18.5 Å². The van der Waals surface area contributed by atoms with Crippen LogP contribution in [0.25, 0.3) is 11.0 Å². The van der Waals surface area contributed by atoms with E-state index in [2.05, 4.69) is 25.5 Å². The van der Waals surface area contributed by atoms with Gasteiger partial charge in [-0.25, -0.2) is 0 Å². The van der Waals surface area contributed by atoms with Gasteiger partial charge >= 0.3 is 0 Å². The van der Waals surface area contributed by atoms with Gasteiger partial charge in [-0.15, -0.1) is 0 Å². The van der Waals surface area contributed by atoms with Crippen LogP contribution in [0.1, 0.15) is 12.5 Å². The van der Waals surface area contributed by atoms with Gasteiger partial charge in [-0.3, -0.25) is 5.10 Å². The van der Waals surface area contributed by atoms with E-state index in [1.54, 1.807) is 13.2 Å². The van der Waals surface area contributed by atoms with Crippen LogP contribution in [0.2, 0.25) is 5.02 Å². The molecule has 0 amide bonds. The van der Waals surface area contributed by atoms with Crippen molar-refractivity contribution in [2.45, 2.75) is 13.3 Å². The van der Waals surface area contributed by atoms with Crippen molar-refractivity contribution >= 4 is 28.6 Å². The van der Waals surface area contributed by atoms with E-state index in [1.807, 2.05) is 25.1 Å². The molecule has 0 saturated carbocycles. The van der Waals surface area contributed by atoms with Crippen LogP contribution in [0.4, 0.5) is 5.95 Å². The van der Waals surface area contributed by atoms with E-state index in [0.717, 1.165) is 22.4 Å². The topological polar surface area (TPSA) is 75.7 Å². The summed E-state index contributed by atoms with van der Waals surface area (Å²) in [5.74, 6) is 1.59. The van der Waals surface area contributed by atoms with E-state index in [9.17, 15) is 0 Å². The Labute approximate surface area is 126 Å². The summed E-state index contributed by atoms with van der Waals surface area (Å²) in [5.41, 5.74) is 1.65. The lowest BCUT2D eigenvalue weighted by Gasteiger charge is -2.09. The van der Waals surface area contributed by atoms with Crippen LogP contribution in [0, 0.1) is 0 Å². The van der Waals surface area contributed by atoms with Gasteiger partial charge in [-0.05, 0) is 30.2 Å². The van der Waals surface area contributed by atoms with Crippen molar-refractivity contribution in [1.82, 2.24) is 20.2 Å². The molecule has 0 unspecified atom stereocenters. The molecule has 2 heterocycles. The maximum atomic E-state index is 6.12. The number of rotatable bonds is 4. The van der Waals surface area contributed by atoms with Crippen LogP contribution >= 0.6 is 11.6 Å². The molecule has 6 nitrogen and oxygen atoms in total. The quantitative estimate of drug-likeness (QED) is 0.772. The van der Waals surface area contributed by atoms with Crippen LogP contribution in [0.15, 0.2) is 24.4 Å². The number of nitrogens with zero attached hydrogens (tertiary/aromatic N) is 3. The molecule has 3 rings (SSSR count). The van der Waals surface area contributed by atoms with Crippen LogP contribution in [0.5, 0.6) is 11.6 Å². The zero-order chi connectivity index (χ0) is 14.8. The number of aryl methyl sites for hydroxylation is 1. The summed E-state index contributed by atoms with van der Waals surface area (Å²) in [6.07, 6.45) is 2.48. The number of aromatic amines is 1. The molecule has 0 radical (unpaired) electrons. The normalized spacial score (nSPS) is 10.8. The van der Waals surface area contributed by atoms with Crippen LogP contribution in [-0.2, 0) is 6.42 Å². The second-order valence-corrected chi connectivity index (χ2v) is 4.85. The first-order valence-electron chi connectivity index (χ1n) is 6.56. The molecule has 0 aliphatic heterocycles. The lowest BCUT2D eigenvalue weighted by Crippen LogP contribution is -1.99. The summed E-state index contributed by atoms with van der Waals surface area (Å²) in [6.45, 7) is 2.04. The molecule has 0 atom stereocenters. The van der Waals surface area contributed by atoms with Crippen LogP contribution in [-0.4, -0.2) is 27.2 Å². The predicted octanol–water partition coefficient (Wildman–Crippen LogP) is 3.40. The van der Waals surface area contributed by atoms with E-state index in [1.165, 1.54) is 0 Å². The number of aromatic nitrogens is 4. The predicted molar refractivity (Wildman–Crippen MR) is 82.1 cm³/mol. The molecule has 0 fully saturated rings. The highest BCUT2D eigenvalue weighted by molar-refractivity contribution is 6.31. The Morgan fingerprint density at radius 1 is 1.33 bits per heavy atom. The van der Waals surface area contributed by atoms with Gasteiger partial charge in [0.15, 0.2) is 5.65 Å². The Bertz CT molecular complexity index is 786. The summed E-state index contributed by atoms with van der Waals surface area (Å²) >= 11 is 6.12. The Morgan fingerprint density at radius 3 is 2.95 bits per heavy atom. The Balaban J connectivity index is 2.03. The number of benzene rings is 1.